The highest BCUT2D eigenvalue weighted by Crippen LogP contribution is 2.32. The predicted molar refractivity (Wildman–Crippen MR) is 145 cm³/mol. The van der Waals surface area contributed by atoms with Gasteiger partial charge in [0.15, 0.2) is 0 Å². The second kappa shape index (κ2) is 10.5. The number of hydrogen-bond donors (Lipinski definition) is 1. The Kier molecular flexibility index (Phi) is 7.15. The third kappa shape index (κ3) is 5.93. The summed E-state index contributed by atoms with van der Waals surface area (Å²) in [6.07, 6.45) is 3.77. The predicted octanol–water partition coefficient (Wildman–Crippen LogP) is 5.54. The molecule has 0 atom stereocenters. The summed E-state index contributed by atoms with van der Waals surface area (Å²) in [6, 6.07) is 23.5. The molecule has 1 saturated carbocycles. The second-order valence-electron chi connectivity index (χ2n) is 9.27. The molecule has 0 radical (unpaired) electrons. The summed E-state index contributed by atoms with van der Waals surface area (Å²) in [7, 11) is -3.88. The highest BCUT2D eigenvalue weighted by atomic mass is 35.5. The van der Waals surface area contributed by atoms with Gasteiger partial charge in [-0.3, -0.25) is 14.7 Å². The van der Waals surface area contributed by atoms with Gasteiger partial charge >= 0.3 is 0 Å². The van der Waals surface area contributed by atoms with Gasteiger partial charge in [0.1, 0.15) is 0 Å². The van der Waals surface area contributed by atoms with Gasteiger partial charge in [0.25, 0.3) is 0 Å². The zero-order valence-corrected chi connectivity index (χ0v) is 21.9. The number of nitrogens with zero attached hydrogens (tertiary/aromatic N) is 3. The highest BCUT2D eigenvalue weighted by Gasteiger charge is 2.33. The minimum Gasteiger partial charge on any atom is -0.294 e. The van der Waals surface area contributed by atoms with Crippen LogP contribution >= 0.6 is 11.6 Å². The van der Waals surface area contributed by atoms with Crippen LogP contribution in [0.5, 0.6) is 0 Å². The van der Waals surface area contributed by atoms with E-state index in [4.69, 9.17) is 11.6 Å². The number of rotatable bonds is 9. The molecule has 5 rings (SSSR count). The molecule has 7 nitrogen and oxygen atoms in total. The standard InChI is InChI=1S/C28H27ClN4O3S/c1-20-6-5-9-24(16-20)33-18-26(22-7-3-2-4-8-22)30-28(33)31-27(34)19-32(17-21-10-11-21)37(35,36)25-14-12-23(29)13-15-25/h2-9,12-16,18,21H,10-11,17,19H2,1H3,(H,30,31,34). The van der Waals surface area contributed by atoms with Crippen LogP contribution in [0.15, 0.2) is 90.0 Å². The van der Waals surface area contributed by atoms with E-state index in [2.05, 4.69) is 10.3 Å². The normalized spacial score (nSPS) is 13.6. The molecule has 0 saturated heterocycles. The number of aromatic nitrogens is 2. The lowest BCUT2D eigenvalue weighted by atomic mass is 10.2. The summed E-state index contributed by atoms with van der Waals surface area (Å²) in [6.45, 7) is 1.97. The molecule has 0 bridgehead atoms. The molecule has 37 heavy (non-hydrogen) atoms. The third-order valence-electron chi connectivity index (χ3n) is 6.24. The molecule has 1 aliphatic rings. The summed E-state index contributed by atoms with van der Waals surface area (Å²) in [5.74, 6) is 0.121. The van der Waals surface area contributed by atoms with E-state index in [1.54, 1.807) is 0 Å². The molecule has 0 spiro atoms. The van der Waals surface area contributed by atoms with Gasteiger partial charge in [-0.15, -0.1) is 0 Å². The quantitative estimate of drug-likeness (QED) is 0.305. The van der Waals surface area contributed by atoms with Crippen molar-refractivity contribution < 1.29 is 13.2 Å². The van der Waals surface area contributed by atoms with Crippen molar-refractivity contribution in [3.05, 3.63) is 95.6 Å². The van der Waals surface area contributed by atoms with E-state index < -0.39 is 15.9 Å². The van der Waals surface area contributed by atoms with Crippen molar-refractivity contribution in [2.45, 2.75) is 24.7 Å². The molecular formula is C28H27ClN4O3S. The lowest BCUT2D eigenvalue weighted by Crippen LogP contribution is -2.39. The summed E-state index contributed by atoms with van der Waals surface area (Å²) < 4.78 is 29.8. The van der Waals surface area contributed by atoms with Crippen LogP contribution in [0.2, 0.25) is 5.02 Å². The largest absolute Gasteiger partial charge is 0.294 e. The van der Waals surface area contributed by atoms with Gasteiger partial charge in [-0.2, -0.15) is 4.31 Å². The summed E-state index contributed by atoms with van der Waals surface area (Å²) in [4.78, 5) is 18.1. The molecule has 1 N–H and O–H groups in total. The number of aryl methyl sites for hydroxylation is 1. The van der Waals surface area contributed by atoms with Crippen LogP contribution in [0.25, 0.3) is 16.9 Å². The van der Waals surface area contributed by atoms with Gasteiger partial charge in [0.2, 0.25) is 21.9 Å². The molecule has 1 heterocycles. The average Bonchev–Trinajstić information content (AvgIpc) is 3.61. The van der Waals surface area contributed by atoms with E-state index in [-0.39, 0.29) is 17.4 Å². The number of carbonyl (C=O) groups is 1. The lowest BCUT2D eigenvalue weighted by Gasteiger charge is -2.22. The van der Waals surface area contributed by atoms with Crippen LogP contribution in [-0.4, -0.2) is 41.3 Å². The maximum atomic E-state index is 13.4. The van der Waals surface area contributed by atoms with Crippen molar-refractivity contribution >= 4 is 33.5 Å². The molecule has 1 fully saturated rings. The Morgan fingerprint density at radius 3 is 2.46 bits per heavy atom. The summed E-state index contributed by atoms with van der Waals surface area (Å²) in [5, 5.41) is 3.31. The first-order valence-corrected chi connectivity index (χ1v) is 13.9. The average molecular weight is 535 g/mol. The molecular weight excluding hydrogens is 508 g/mol. The number of benzene rings is 3. The lowest BCUT2D eigenvalue weighted by molar-refractivity contribution is -0.116. The van der Waals surface area contributed by atoms with Crippen LogP contribution in [0.3, 0.4) is 0 Å². The Labute approximate surface area is 221 Å². The second-order valence-corrected chi connectivity index (χ2v) is 11.6. The first-order chi connectivity index (χ1) is 17.8. The SMILES string of the molecule is Cc1cccc(-n2cc(-c3ccccc3)nc2NC(=O)CN(CC2CC2)S(=O)(=O)c2ccc(Cl)cc2)c1. The van der Waals surface area contributed by atoms with Crippen LogP contribution < -0.4 is 5.32 Å². The minimum atomic E-state index is -3.88. The van der Waals surface area contributed by atoms with E-state index in [0.717, 1.165) is 29.7 Å². The monoisotopic (exact) mass is 534 g/mol. The van der Waals surface area contributed by atoms with Gasteiger partial charge in [-0.05, 0) is 67.6 Å². The number of imidazole rings is 1. The maximum Gasteiger partial charge on any atom is 0.243 e. The fourth-order valence-electron chi connectivity index (χ4n) is 4.11. The topological polar surface area (TPSA) is 84.3 Å². The Hall–Kier alpha value is -3.46. The van der Waals surface area contributed by atoms with Crippen molar-refractivity contribution in [1.29, 1.82) is 0 Å². The Bertz CT molecular complexity index is 1510. The fraction of sp³-hybridized carbons (Fsp3) is 0.214. The maximum absolute atomic E-state index is 13.4. The van der Waals surface area contributed by atoms with Crippen molar-refractivity contribution in [1.82, 2.24) is 13.9 Å². The number of hydrogen-bond acceptors (Lipinski definition) is 4. The van der Waals surface area contributed by atoms with Gasteiger partial charge in [0, 0.05) is 29.0 Å². The number of sulfonamides is 1. The van der Waals surface area contributed by atoms with Crippen molar-refractivity contribution in [2.75, 3.05) is 18.4 Å². The first kappa shape index (κ1) is 25.2. The van der Waals surface area contributed by atoms with E-state index in [1.807, 2.05) is 72.3 Å². The van der Waals surface area contributed by atoms with Gasteiger partial charge in [-0.1, -0.05) is 54.1 Å². The summed E-state index contributed by atoms with van der Waals surface area (Å²) >= 11 is 5.95. The fourth-order valence-corrected chi connectivity index (χ4v) is 5.71. The molecule has 3 aromatic carbocycles. The highest BCUT2D eigenvalue weighted by molar-refractivity contribution is 7.89. The van der Waals surface area contributed by atoms with Crippen LogP contribution in [0.4, 0.5) is 5.95 Å². The van der Waals surface area contributed by atoms with Crippen molar-refractivity contribution in [2.24, 2.45) is 5.92 Å². The van der Waals surface area contributed by atoms with Gasteiger partial charge < -0.3 is 0 Å². The van der Waals surface area contributed by atoms with E-state index in [9.17, 15) is 13.2 Å². The van der Waals surface area contributed by atoms with Crippen LogP contribution in [-0.2, 0) is 14.8 Å². The van der Waals surface area contributed by atoms with E-state index >= 15 is 0 Å². The first-order valence-electron chi connectivity index (χ1n) is 12.1. The van der Waals surface area contributed by atoms with Crippen LogP contribution in [0.1, 0.15) is 18.4 Å². The molecule has 190 valence electrons. The number of amides is 1. The van der Waals surface area contributed by atoms with E-state index in [0.29, 0.717) is 23.2 Å². The molecule has 9 heteroatoms. The number of anilines is 1. The van der Waals surface area contributed by atoms with Crippen molar-refractivity contribution in [3.8, 4) is 16.9 Å². The number of nitrogens with one attached hydrogen (secondary N) is 1. The molecule has 0 unspecified atom stereocenters. The Morgan fingerprint density at radius 1 is 1.05 bits per heavy atom. The molecule has 1 aliphatic carbocycles. The molecule has 1 aromatic heterocycles. The van der Waals surface area contributed by atoms with Gasteiger partial charge in [-0.25, -0.2) is 13.4 Å². The molecule has 4 aromatic rings. The van der Waals surface area contributed by atoms with Gasteiger partial charge in [0.05, 0.1) is 17.1 Å². The summed E-state index contributed by atoms with van der Waals surface area (Å²) in [5.41, 5.74) is 3.51. The third-order valence-corrected chi connectivity index (χ3v) is 8.31. The van der Waals surface area contributed by atoms with E-state index in [1.165, 1.54) is 28.6 Å². The Morgan fingerprint density at radius 2 is 1.78 bits per heavy atom. The zero-order chi connectivity index (χ0) is 26.0. The Balaban J connectivity index is 1.44. The molecule has 1 amide bonds. The number of halogens is 1. The minimum absolute atomic E-state index is 0.109. The zero-order valence-electron chi connectivity index (χ0n) is 20.3. The van der Waals surface area contributed by atoms with Crippen molar-refractivity contribution in [3.63, 3.8) is 0 Å². The smallest absolute Gasteiger partial charge is 0.243 e. The molecule has 0 aliphatic heterocycles. The van der Waals surface area contributed by atoms with Crippen LogP contribution in [0, 0.1) is 12.8 Å². The number of carbonyl (C=O) groups excluding carboxylic acids is 1.